The minimum atomic E-state index is 0.0410. The van der Waals surface area contributed by atoms with Crippen LogP contribution in [0.5, 0.6) is 5.75 Å². The van der Waals surface area contributed by atoms with Gasteiger partial charge in [-0.3, -0.25) is 9.36 Å². The Balaban J connectivity index is 1.51. The molecule has 1 saturated carbocycles. The summed E-state index contributed by atoms with van der Waals surface area (Å²) < 4.78 is 12.9. The molecule has 1 aliphatic rings. The lowest BCUT2D eigenvalue weighted by Crippen LogP contribution is -2.41. The van der Waals surface area contributed by atoms with Crippen molar-refractivity contribution in [1.82, 2.24) is 20.1 Å². The van der Waals surface area contributed by atoms with Crippen LogP contribution >= 0.6 is 11.8 Å². The molecular weight excluding hydrogens is 412 g/mol. The van der Waals surface area contributed by atoms with Crippen LogP contribution in [-0.4, -0.2) is 39.6 Å². The Morgan fingerprint density at radius 2 is 2.13 bits per heavy atom. The van der Waals surface area contributed by atoms with E-state index in [1.54, 1.807) is 13.4 Å². The summed E-state index contributed by atoms with van der Waals surface area (Å²) in [6.07, 6.45) is 6.33. The van der Waals surface area contributed by atoms with Crippen LogP contribution in [-0.2, 0) is 11.3 Å². The van der Waals surface area contributed by atoms with Gasteiger partial charge in [0.05, 0.1) is 25.7 Å². The summed E-state index contributed by atoms with van der Waals surface area (Å²) in [6.45, 7) is 2.70. The van der Waals surface area contributed by atoms with Gasteiger partial charge < -0.3 is 14.5 Å². The number of methoxy groups -OCH3 is 1. The molecule has 1 aromatic carbocycles. The molecule has 2 aromatic heterocycles. The highest BCUT2D eigenvalue weighted by Crippen LogP contribution is 2.28. The minimum Gasteiger partial charge on any atom is -0.497 e. The second-order valence-corrected chi connectivity index (χ2v) is 8.87. The van der Waals surface area contributed by atoms with Crippen LogP contribution in [0.2, 0.25) is 0 Å². The summed E-state index contributed by atoms with van der Waals surface area (Å²) in [6, 6.07) is 11.8. The van der Waals surface area contributed by atoms with E-state index in [1.807, 2.05) is 41.0 Å². The zero-order valence-electron chi connectivity index (χ0n) is 17.9. The van der Waals surface area contributed by atoms with Gasteiger partial charge in [0.15, 0.2) is 11.0 Å². The largest absolute Gasteiger partial charge is 0.497 e. The SMILES string of the molecule is COc1cccc(-c2nnc(SCC(=O)NC3CCCCC3C)n2Cc2ccco2)c1. The first kappa shape index (κ1) is 21.5. The predicted octanol–water partition coefficient (Wildman–Crippen LogP) is 4.38. The van der Waals surface area contributed by atoms with Crippen LogP contribution in [0.15, 0.2) is 52.2 Å². The van der Waals surface area contributed by atoms with Crippen molar-refractivity contribution in [3.63, 3.8) is 0 Å². The summed E-state index contributed by atoms with van der Waals surface area (Å²) in [4.78, 5) is 12.6. The molecule has 0 aliphatic heterocycles. The van der Waals surface area contributed by atoms with Crippen molar-refractivity contribution in [3.05, 3.63) is 48.4 Å². The molecule has 2 unspecified atom stereocenters. The summed E-state index contributed by atoms with van der Waals surface area (Å²) in [5.74, 6) is 3.13. The Bertz CT molecular complexity index is 1000. The molecule has 0 spiro atoms. The predicted molar refractivity (Wildman–Crippen MR) is 120 cm³/mol. The highest BCUT2D eigenvalue weighted by molar-refractivity contribution is 7.99. The number of ether oxygens (including phenoxy) is 1. The number of thioether (sulfide) groups is 1. The van der Waals surface area contributed by atoms with Crippen molar-refractivity contribution in [2.75, 3.05) is 12.9 Å². The van der Waals surface area contributed by atoms with Crippen LogP contribution in [0.25, 0.3) is 11.4 Å². The first-order valence-corrected chi connectivity index (χ1v) is 11.6. The maximum atomic E-state index is 12.6. The summed E-state index contributed by atoms with van der Waals surface area (Å²) in [5.41, 5.74) is 0.894. The van der Waals surface area contributed by atoms with Gasteiger partial charge >= 0.3 is 0 Å². The van der Waals surface area contributed by atoms with Crippen LogP contribution in [0.4, 0.5) is 0 Å². The lowest BCUT2D eigenvalue weighted by molar-refractivity contribution is -0.119. The minimum absolute atomic E-state index is 0.0410. The molecule has 1 fully saturated rings. The maximum absolute atomic E-state index is 12.6. The van der Waals surface area contributed by atoms with Crippen molar-refractivity contribution in [2.24, 2.45) is 5.92 Å². The third kappa shape index (κ3) is 5.31. The van der Waals surface area contributed by atoms with Gasteiger partial charge in [-0.05, 0) is 43.0 Å². The topological polar surface area (TPSA) is 82.2 Å². The van der Waals surface area contributed by atoms with Gasteiger partial charge in [0, 0.05) is 11.6 Å². The van der Waals surface area contributed by atoms with Gasteiger partial charge in [0.2, 0.25) is 5.91 Å². The molecule has 7 nitrogen and oxygen atoms in total. The molecule has 8 heteroatoms. The van der Waals surface area contributed by atoms with Gasteiger partial charge in [-0.2, -0.15) is 0 Å². The molecule has 2 atom stereocenters. The molecule has 0 radical (unpaired) electrons. The molecule has 31 heavy (non-hydrogen) atoms. The number of hydrogen-bond acceptors (Lipinski definition) is 6. The lowest BCUT2D eigenvalue weighted by Gasteiger charge is -2.29. The van der Waals surface area contributed by atoms with Gasteiger partial charge in [0.25, 0.3) is 0 Å². The summed E-state index contributed by atoms with van der Waals surface area (Å²) in [7, 11) is 1.64. The quantitative estimate of drug-likeness (QED) is 0.524. The fourth-order valence-corrected chi connectivity index (χ4v) is 4.73. The van der Waals surface area contributed by atoms with E-state index < -0.39 is 0 Å². The molecule has 1 amide bonds. The molecule has 164 valence electrons. The monoisotopic (exact) mass is 440 g/mol. The average Bonchev–Trinajstić information content (AvgIpc) is 3.44. The van der Waals surface area contributed by atoms with Crippen molar-refractivity contribution in [2.45, 2.75) is 50.4 Å². The van der Waals surface area contributed by atoms with E-state index in [1.165, 1.54) is 31.0 Å². The number of benzene rings is 1. The second kappa shape index (κ2) is 10.0. The Hall–Kier alpha value is -2.74. The number of carbonyl (C=O) groups is 1. The molecule has 4 rings (SSSR count). The van der Waals surface area contributed by atoms with E-state index in [9.17, 15) is 4.79 Å². The Kier molecular flexibility index (Phi) is 6.96. The Morgan fingerprint density at radius 1 is 1.26 bits per heavy atom. The normalized spacial score (nSPS) is 18.6. The number of nitrogens with zero attached hydrogens (tertiary/aromatic N) is 3. The van der Waals surface area contributed by atoms with Crippen molar-refractivity contribution < 1.29 is 13.9 Å². The smallest absolute Gasteiger partial charge is 0.230 e. The van der Waals surface area contributed by atoms with E-state index in [4.69, 9.17) is 9.15 Å². The van der Waals surface area contributed by atoms with Gasteiger partial charge in [-0.25, -0.2) is 0 Å². The number of furan rings is 1. The van der Waals surface area contributed by atoms with Crippen molar-refractivity contribution in [3.8, 4) is 17.1 Å². The summed E-state index contributed by atoms with van der Waals surface area (Å²) >= 11 is 1.40. The van der Waals surface area contributed by atoms with E-state index >= 15 is 0 Å². The van der Waals surface area contributed by atoms with Gasteiger partial charge in [-0.15, -0.1) is 10.2 Å². The molecule has 1 aliphatic carbocycles. The second-order valence-electron chi connectivity index (χ2n) is 7.93. The zero-order chi connectivity index (χ0) is 21.6. The van der Waals surface area contributed by atoms with Crippen molar-refractivity contribution in [1.29, 1.82) is 0 Å². The van der Waals surface area contributed by atoms with Crippen LogP contribution in [0.1, 0.15) is 38.4 Å². The van der Waals surface area contributed by atoms with Crippen molar-refractivity contribution >= 4 is 17.7 Å². The van der Waals surface area contributed by atoms with E-state index in [-0.39, 0.29) is 11.9 Å². The van der Waals surface area contributed by atoms with Crippen LogP contribution in [0.3, 0.4) is 0 Å². The number of amides is 1. The van der Waals surface area contributed by atoms with Crippen LogP contribution < -0.4 is 10.1 Å². The lowest BCUT2D eigenvalue weighted by atomic mass is 9.86. The highest BCUT2D eigenvalue weighted by Gasteiger charge is 2.23. The third-order valence-electron chi connectivity index (χ3n) is 5.73. The molecule has 1 N–H and O–H groups in total. The number of hydrogen-bond donors (Lipinski definition) is 1. The van der Waals surface area contributed by atoms with Gasteiger partial charge in [-0.1, -0.05) is 43.7 Å². The third-order valence-corrected chi connectivity index (χ3v) is 6.70. The number of nitrogens with one attached hydrogen (secondary N) is 1. The Morgan fingerprint density at radius 3 is 2.90 bits per heavy atom. The molecule has 2 heterocycles. The number of carbonyl (C=O) groups excluding carboxylic acids is 1. The highest BCUT2D eigenvalue weighted by atomic mass is 32.2. The molecular formula is C23H28N4O3S. The molecule has 3 aromatic rings. The molecule has 0 bridgehead atoms. The van der Waals surface area contributed by atoms with Crippen LogP contribution in [0, 0.1) is 5.92 Å². The standard InChI is InChI=1S/C23H28N4O3S/c1-16-7-3-4-11-20(16)24-21(28)15-31-23-26-25-22(17-8-5-9-18(13-17)29-2)27(23)14-19-10-6-12-30-19/h5-6,8-10,12-13,16,20H,3-4,7,11,14-15H2,1-2H3,(H,24,28). The fraction of sp³-hybridized carbons (Fsp3) is 0.435. The zero-order valence-corrected chi connectivity index (χ0v) is 18.7. The molecule has 0 saturated heterocycles. The van der Waals surface area contributed by atoms with E-state index in [0.29, 0.717) is 29.2 Å². The fourth-order valence-electron chi connectivity index (χ4n) is 3.98. The summed E-state index contributed by atoms with van der Waals surface area (Å²) in [5, 5.41) is 12.7. The Labute approximate surface area is 186 Å². The maximum Gasteiger partial charge on any atom is 0.230 e. The number of rotatable bonds is 8. The van der Waals surface area contributed by atoms with E-state index in [0.717, 1.165) is 23.5 Å². The van der Waals surface area contributed by atoms with E-state index in [2.05, 4.69) is 22.4 Å². The average molecular weight is 441 g/mol. The first-order valence-electron chi connectivity index (χ1n) is 10.7. The first-order chi connectivity index (χ1) is 15.1. The number of aromatic nitrogens is 3. The van der Waals surface area contributed by atoms with Gasteiger partial charge in [0.1, 0.15) is 11.5 Å².